The van der Waals surface area contributed by atoms with Gasteiger partial charge in [0, 0.05) is 61.2 Å². The van der Waals surface area contributed by atoms with E-state index in [0.29, 0.717) is 36.8 Å². The van der Waals surface area contributed by atoms with Gasteiger partial charge in [0.15, 0.2) is 0 Å². The summed E-state index contributed by atoms with van der Waals surface area (Å²) in [6.45, 7) is 11.9. The number of carbonyl (C=O) groups excluding carboxylic acids is 1. The number of halogens is 1. The van der Waals surface area contributed by atoms with E-state index in [9.17, 15) is 4.79 Å². The van der Waals surface area contributed by atoms with E-state index < -0.39 is 0 Å². The Labute approximate surface area is 305 Å². The molecule has 2 aliphatic heterocycles. The van der Waals surface area contributed by atoms with E-state index >= 15 is 0 Å². The van der Waals surface area contributed by atoms with Gasteiger partial charge in [-0.1, -0.05) is 73.1 Å². The first kappa shape index (κ1) is 35.3. The number of hydrogen-bond donors (Lipinski definition) is 0. The number of allylic oxidation sites excluding steroid dienone is 1. The molecular weight excluding hydrogens is 662 g/mol. The van der Waals surface area contributed by atoms with Gasteiger partial charge in [0.1, 0.15) is 11.4 Å². The molecule has 0 saturated carbocycles. The lowest BCUT2D eigenvalue weighted by Gasteiger charge is -2.27. The molecule has 2 aromatic heterocycles. The van der Waals surface area contributed by atoms with E-state index in [1.165, 1.54) is 0 Å². The van der Waals surface area contributed by atoms with Crippen LogP contribution in [-0.2, 0) is 41.9 Å². The molecule has 0 N–H and O–H groups in total. The quantitative estimate of drug-likeness (QED) is 0.0805. The number of benzene rings is 3. The first-order chi connectivity index (χ1) is 25.0. The first-order valence-electron chi connectivity index (χ1n) is 18.3. The number of carbonyl (C=O) groups is 1. The minimum absolute atomic E-state index is 0.290. The van der Waals surface area contributed by atoms with Crippen molar-refractivity contribution in [1.29, 1.82) is 0 Å². The average molecular weight is 710 g/mol. The Morgan fingerprint density at radius 1 is 0.941 bits per heavy atom. The minimum atomic E-state index is -0.321. The highest BCUT2D eigenvalue weighted by Crippen LogP contribution is 2.43. The number of ether oxygens (including phenoxy) is 3. The number of aromatic nitrogens is 3. The number of nitrogens with zero attached hydrogens (tertiary/aromatic N) is 5. The molecule has 268 valence electrons. The van der Waals surface area contributed by atoms with Gasteiger partial charge in [0.2, 0.25) is 0 Å². The molecule has 3 aromatic carbocycles. The zero-order chi connectivity index (χ0) is 35.3. The molecule has 0 atom stereocenters. The molecule has 1 fully saturated rings. The van der Waals surface area contributed by atoms with Crippen molar-refractivity contribution in [1.82, 2.24) is 24.1 Å². The topological polar surface area (TPSA) is 74.0 Å². The highest BCUT2D eigenvalue weighted by atomic mass is 35.5. The average Bonchev–Trinajstić information content (AvgIpc) is 3.64. The number of hydrogen-bond acceptors (Lipinski definition) is 7. The van der Waals surface area contributed by atoms with Crippen molar-refractivity contribution in [2.75, 3.05) is 59.7 Å². The zero-order valence-electron chi connectivity index (χ0n) is 30.0. The standard InChI is InChI=1S/C41H48ClN5O4/c1-4-34-38-35(47(43-34)22-21-45-23-26-49-27-24-45)28-44(3)19-8-9-20-46-39-32(17-18-33(42)37(38)39)31(40(46)41(48)50-5-2)15-11-25-51-36-16-10-13-29-12-6-7-14-30(29)36/h6-10,12-14,16-18H,4-5,11,15,19-28H2,1-3H3/b9-8-. The van der Waals surface area contributed by atoms with Crippen LogP contribution in [-0.4, -0.2) is 89.8 Å². The molecule has 1 saturated heterocycles. The molecule has 2 aliphatic rings. The van der Waals surface area contributed by atoms with Crippen molar-refractivity contribution in [3.05, 3.63) is 94.4 Å². The van der Waals surface area contributed by atoms with E-state index in [1.54, 1.807) is 0 Å². The van der Waals surface area contributed by atoms with Crippen LogP contribution >= 0.6 is 11.6 Å². The summed E-state index contributed by atoms with van der Waals surface area (Å²) in [6, 6.07) is 18.5. The van der Waals surface area contributed by atoms with E-state index in [-0.39, 0.29) is 12.6 Å². The van der Waals surface area contributed by atoms with Crippen LogP contribution in [0.5, 0.6) is 5.75 Å². The van der Waals surface area contributed by atoms with Gasteiger partial charge in [-0.2, -0.15) is 5.10 Å². The van der Waals surface area contributed by atoms with Gasteiger partial charge in [0.25, 0.3) is 0 Å². The SMILES string of the molecule is CCOC(=O)c1c(CCCOc2cccc3ccccc23)c2ccc(Cl)c3c2n1C/C=C\CN(C)Cc1c-3c(CC)nn1CCN1CCOCC1. The highest BCUT2D eigenvalue weighted by Gasteiger charge is 2.30. The van der Waals surface area contributed by atoms with Crippen molar-refractivity contribution in [3.63, 3.8) is 0 Å². The molecule has 5 aromatic rings. The van der Waals surface area contributed by atoms with E-state index in [4.69, 9.17) is 30.9 Å². The third kappa shape index (κ3) is 7.31. The van der Waals surface area contributed by atoms with Crippen molar-refractivity contribution < 1.29 is 19.0 Å². The van der Waals surface area contributed by atoms with Crippen LogP contribution < -0.4 is 4.74 Å². The summed E-state index contributed by atoms with van der Waals surface area (Å²) < 4.78 is 22.0. The summed E-state index contributed by atoms with van der Waals surface area (Å²) >= 11 is 7.28. The largest absolute Gasteiger partial charge is 0.493 e. The Balaban J connectivity index is 1.32. The van der Waals surface area contributed by atoms with E-state index in [1.807, 2.05) is 37.3 Å². The predicted molar refractivity (Wildman–Crippen MR) is 204 cm³/mol. The molecule has 0 unspecified atom stereocenters. The second-order valence-electron chi connectivity index (χ2n) is 13.4. The summed E-state index contributed by atoms with van der Waals surface area (Å²) in [7, 11) is 2.14. The van der Waals surface area contributed by atoms with Gasteiger partial charge < -0.3 is 18.8 Å². The number of likely N-dealkylation sites (N-methyl/N-ethyl adjacent to an activating group) is 1. The molecule has 0 spiro atoms. The van der Waals surface area contributed by atoms with Crippen LogP contribution in [0.15, 0.2) is 66.7 Å². The summed E-state index contributed by atoms with van der Waals surface area (Å²) in [5.74, 6) is 0.545. The molecule has 9 nitrogen and oxygen atoms in total. The van der Waals surface area contributed by atoms with Crippen LogP contribution in [0.25, 0.3) is 32.8 Å². The smallest absolute Gasteiger partial charge is 0.355 e. The van der Waals surface area contributed by atoms with Gasteiger partial charge in [-0.05, 0) is 56.3 Å². The number of aryl methyl sites for hydroxylation is 2. The lowest BCUT2D eigenvalue weighted by Crippen LogP contribution is -2.38. The van der Waals surface area contributed by atoms with Crippen LogP contribution in [0.3, 0.4) is 0 Å². The predicted octanol–water partition coefficient (Wildman–Crippen LogP) is 7.40. The summed E-state index contributed by atoms with van der Waals surface area (Å²) in [4.78, 5) is 18.7. The van der Waals surface area contributed by atoms with E-state index in [2.05, 4.69) is 69.4 Å². The molecule has 0 amide bonds. The second kappa shape index (κ2) is 16.0. The Morgan fingerprint density at radius 3 is 2.57 bits per heavy atom. The van der Waals surface area contributed by atoms with Crippen molar-refractivity contribution in [2.45, 2.75) is 52.7 Å². The zero-order valence-corrected chi connectivity index (χ0v) is 30.8. The van der Waals surface area contributed by atoms with Gasteiger partial charge in [-0.3, -0.25) is 14.5 Å². The Bertz CT molecular complexity index is 2040. The van der Waals surface area contributed by atoms with Gasteiger partial charge >= 0.3 is 5.97 Å². The molecule has 51 heavy (non-hydrogen) atoms. The minimum Gasteiger partial charge on any atom is -0.493 e. The lowest BCUT2D eigenvalue weighted by molar-refractivity contribution is 0.0358. The fraction of sp³-hybridized carbons (Fsp3) is 0.415. The van der Waals surface area contributed by atoms with Crippen molar-refractivity contribution >= 4 is 39.2 Å². The van der Waals surface area contributed by atoms with Crippen LogP contribution in [0, 0.1) is 0 Å². The third-order valence-corrected chi connectivity index (χ3v) is 10.4. The lowest BCUT2D eigenvalue weighted by atomic mass is 9.97. The van der Waals surface area contributed by atoms with Gasteiger partial charge in [-0.25, -0.2) is 4.79 Å². The van der Waals surface area contributed by atoms with Crippen LogP contribution in [0.4, 0.5) is 0 Å². The fourth-order valence-electron chi connectivity index (χ4n) is 7.60. The summed E-state index contributed by atoms with van der Waals surface area (Å²) in [5, 5.41) is 9.14. The van der Waals surface area contributed by atoms with Gasteiger partial charge in [0.05, 0.1) is 54.9 Å². The number of rotatable bonds is 11. The maximum atomic E-state index is 13.9. The van der Waals surface area contributed by atoms with Gasteiger partial charge in [-0.15, -0.1) is 0 Å². The molecule has 0 bridgehead atoms. The first-order valence-corrected chi connectivity index (χ1v) is 18.7. The number of esters is 1. The normalized spacial score (nSPS) is 16.2. The summed E-state index contributed by atoms with van der Waals surface area (Å²) in [6.07, 6.45) is 6.45. The Morgan fingerprint density at radius 2 is 1.75 bits per heavy atom. The fourth-order valence-corrected chi connectivity index (χ4v) is 7.85. The second-order valence-corrected chi connectivity index (χ2v) is 13.8. The van der Waals surface area contributed by atoms with Crippen molar-refractivity contribution in [2.24, 2.45) is 0 Å². The van der Waals surface area contributed by atoms with Crippen LogP contribution in [0.2, 0.25) is 5.02 Å². The van der Waals surface area contributed by atoms with Crippen LogP contribution in [0.1, 0.15) is 47.7 Å². The molecule has 4 heterocycles. The summed E-state index contributed by atoms with van der Waals surface area (Å²) in [5.41, 5.74) is 6.66. The molecule has 7 rings (SSSR count). The van der Waals surface area contributed by atoms with E-state index in [0.717, 1.165) is 114 Å². The molecule has 10 heteroatoms. The molecule has 0 radical (unpaired) electrons. The third-order valence-electron chi connectivity index (χ3n) is 10.1. The Kier molecular flexibility index (Phi) is 11.1. The maximum absolute atomic E-state index is 13.9. The number of fused-ring (bicyclic) bond motifs is 3. The monoisotopic (exact) mass is 709 g/mol. The maximum Gasteiger partial charge on any atom is 0.355 e. The van der Waals surface area contributed by atoms with Crippen molar-refractivity contribution in [3.8, 4) is 16.9 Å². The molecule has 0 aliphatic carbocycles. The Hall–Kier alpha value is -4.15. The number of morpholine rings is 1. The highest BCUT2D eigenvalue weighted by molar-refractivity contribution is 6.35. The molecular formula is C41H48ClN5O4.